The Morgan fingerprint density at radius 3 is 2.41 bits per heavy atom. The van der Waals surface area contributed by atoms with E-state index in [0.29, 0.717) is 0 Å². The average molecular weight is 757 g/mol. The zero-order valence-electron chi connectivity index (χ0n) is 33.6. The molecule has 0 amide bonds. The van der Waals surface area contributed by atoms with Crippen molar-refractivity contribution in [1.82, 2.24) is 4.98 Å². The van der Waals surface area contributed by atoms with E-state index in [4.69, 9.17) is 7.85 Å². The molecule has 2 heterocycles. The van der Waals surface area contributed by atoms with Crippen molar-refractivity contribution in [2.24, 2.45) is 0 Å². The maximum Gasteiger partial charge on any atom is 0.197 e. The van der Waals surface area contributed by atoms with E-state index < -0.39 is 0 Å². The molecule has 1 N–H and O–H groups in total. The van der Waals surface area contributed by atoms with Crippen molar-refractivity contribution in [1.29, 1.82) is 0 Å². The number of fused-ring (bicyclic) bond motifs is 5. The third-order valence-electron chi connectivity index (χ3n) is 11.9. The fourth-order valence-electron chi connectivity index (χ4n) is 9.14. The van der Waals surface area contributed by atoms with Crippen molar-refractivity contribution >= 4 is 87.7 Å². The second-order valence-electron chi connectivity index (χ2n) is 15.8. The summed E-state index contributed by atoms with van der Waals surface area (Å²) in [4.78, 5) is 8.54. The molecule has 3 radical (unpaired) electrons. The highest BCUT2D eigenvalue weighted by molar-refractivity contribution is 6.72. The summed E-state index contributed by atoms with van der Waals surface area (Å²) in [6.07, 6.45) is 15.2. The molecule has 5 heteroatoms. The van der Waals surface area contributed by atoms with Crippen LogP contribution in [0.25, 0.3) is 38.9 Å². The van der Waals surface area contributed by atoms with Gasteiger partial charge in [0.25, 0.3) is 0 Å². The van der Waals surface area contributed by atoms with E-state index in [1.807, 2.05) is 6.07 Å². The first-order valence-corrected chi connectivity index (χ1v) is 20.7. The van der Waals surface area contributed by atoms with Crippen molar-refractivity contribution in [3.8, 4) is 11.1 Å². The molecule has 0 bridgehead atoms. The maximum atomic E-state index is 6.56. The van der Waals surface area contributed by atoms with E-state index in [2.05, 4.69) is 206 Å². The summed E-state index contributed by atoms with van der Waals surface area (Å²) in [5.74, 6) is 0. The molecule has 2 aliphatic rings. The quantitative estimate of drug-likeness (QED) is 0.148. The van der Waals surface area contributed by atoms with E-state index >= 15 is 0 Å². The third-order valence-corrected chi connectivity index (χ3v) is 11.9. The number of aromatic amines is 1. The molecule has 0 saturated carbocycles. The fraction of sp³-hybridized carbons (Fsp3) is 0.111. The van der Waals surface area contributed by atoms with Gasteiger partial charge in [-0.05, 0) is 110 Å². The van der Waals surface area contributed by atoms with Crippen molar-refractivity contribution in [2.45, 2.75) is 39.5 Å². The molecule has 0 saturated heterocycles. The van der Waals surface area contributed by atoms with Crippen LogP contribution in [0.4, 0.5) is 28.4 Å². The van der Waals surface area contributed by atoms with Crippen LogP contribution < -0.4 is 26.2 Å². The third kappa shape index (κ3) is 6.91. The van der Waals surface area contributed by atoms with Crippen molar-refractivity contribution in [3.05, 3.63) is 198 Å². The molecular weight excluding hydrogens is 712 g/mol. The van der Waals surface area contributed by atoms with Crippen LogP contribution in [0.15, 0.2) is 176 Å². The number of allylic oxidation sites excluding steroid dienone is 5. The van der Waals surface area contributed by atoms with Gasteiger partial charge >= 0.3 is 0 Å². The van der Waals surface area contributed by atoms with Crippen LogP contribution in [0.3, 0.4) is 0 Å². The molecule has 0 spiro atoms. The summed E-state index contributed by atoms with van der Waals surface area (Å²) >= 11 is 0. The van der Waals surface area contributed by atoms with E-state index in [9.17, 15) is 0 Å². The minimum Gasteiger partial charge on any atom is -0.358 e. The first-order chi connectivity index (χ1) is 29.0. The number of aryl methyl sites for hydroxylation is 3. The molecule has 281 valence electrons. The highest BCUT2D eigenvalue weighted by Gasteiger charge is 2.30. The molecule has 1 aliphatic heterocycles. The zero-order chi connectivity index (χ0) is 39.9. The Labute approximate surface area is 349 Å². The van der Waals surface area contributed by atoms with Gasteiger partial charge in [-0.2, -0.15) is 0 Å². The minimum absolute atomic E-state index is 0.744. The topological polar surface area (TPSA) is 22.3 Å². The summed E-state index contributed by atoms with van der Waals surface area (Å²) in [6, 6.07) is 52.6. The van der Waals surface area contributed by atoms with Gasteiger partial charge in [-0.1, -0.05) is 149 Å². The molecule has 0 fully saturated rings. The van der Waals surface area contributed by atoms with Crippen LogP contribution in [-0.2, 0) is 6.42 Å². The molecule has 0 atom stereocenters. The van der Waals surface area contributed by atoms with Crippen molar-refractivity contribution in [2.75, 3.05) is 9.80 Å². The second-order valence-corrected chi connectivity index (χ2v) is 15.8. The summed E-state index contributed by atoms with van der Waals surface area (Å²) in [5, 5.41) is 3.85. The number of anilines is 5. The highest BCUT2D eigenvalue weighted by atomic mass is 15.2. The minimum atomic E-state index is 0.744. The molecule has 1 aliphatic carbocycles. The Balaban J connectivity index is 1.08. The largest absolute Gasteiger partial charge is 0.358 e. The lowest BCUT2D eigenvalue weighted by atomic mass is 9.58. The van der Waals surface area contributed by atoms with Gasteiger partial charge in [0, 0.05) is 56.2 Å². The van der Waals surface area contributed by atoms with Gasteiger partial charge in [0.2, 0.25) is 0 Å². The lowest BCUT2D eigenvalue weighted by Gasteiger charge is -2.38. The average Bonchev–Trinajstić information content (AvgIpc) is 3.60. The fourth-order valence-corrected chi connectivity index (χ4v) is 9.14. The number of hydrogen-bond donors (Lipinski definition) is 1. The lowest BCUT2D eigenvalue weighted by Crippen LogP contribution is -2.42. The molecule has 1 aromatic heterocycles. The van der Waals surface area contributed by atoms with Crippen molar-refractivity contribution < 1.29 is 0 Å². The molecule has 3 nitrogen and oxygen atoms in total. The van der Waals surface area contributed by atoms with Crippen LogP contribution in [0.5, 0.6) is 0 Å². The number of nitrogens with zero attached hydrogens (tertiary/aromatic N) is 2. The van der Waals surface area contributed by atoms with Gasteiger partial charge in [0.15, 0.2) is 7.28 Å². The van der Waals surface area contributed by atoms with Gasteiger partial charge in [-0.25, -0.2) is 0 Å². The Morgan fingerprint density at radius 2 is 1.58 bits per heavy atom. The Morgan fingerprint density at radius 1 is 0.763 bits per heavy atom. The van der Waals surface area contributed by atoms with Gasteiger partial charge in [-0.3, -0.25) is 0 Å². The highest BCUT2D eigenvalue weighted by Crippen LogP contribution is 2.44. The van der Waals surface area contributed by atoms with Crippen LogP contribution in [-0.4, -0.2) is 20.1 Å². The summed E-state index contributed by atoms with van der Waals surface area (Å²) in [6.45, 7) is 4.41. The van der Waals surface area contributed by atoms with E-state index in [1.54, 1.807) is 0 Å². The Kier molecular flexibility index (Phi) is 9.66. The van der Waals surface area contributed by atoms with Crippen LogP contribution in [0, 0.1) is 13.8 Å². The van der Waals surface area contributed by atoms with Crippen LogP contribution in [0.1, 0.15) is 41.6 Å². The lowest BCUT2D eigenvalue weighted by molar-refractivity contribution is 0.917. The van der Waals surface area contributed by atoms with Gasteiger partial charge < -0.3 is 14.8 Å². The summed E-state index contributed by atoms with van der Waals surface area (Å²) in [7, 11) is 8.97. The summed E-state index contributed by atoms with van der Waals surface area (Å²) < 4.78 is 0. The molecule has 8 aromatic rings. The number of benzene rings is 7. The number of H-pyrrole nitrogens is 1. The van der Waals surface area contributed by atoms with Crippen LogP contribution in [0.2, 0.25) is 0 Å². The maximum absolute atomic E-state index is 6.56. The van der Waals surface area contributed by atoms with E-state index in [1.165, 1.54) is 66.4 Å². The SMILES string of the molecule is [B]c1ccc(N2c3cc(N(C4=CC=CCC4)c4ccccc4)ccc3[B]c3c(CC/C=C\c4c(C)[nH]c5ccc6ccccc6c45)cc(C)cc32)c(-c2ccccc2)c1. The number of para-hydroxylation sites is 1. The normalized spacial score (nSPS) is 13.4. The first-order valence-electron chi connectivity index (χ1n) is 20.7. The molecule has 10 rings (SSSR count). The molecular formula is C54H44B2N3. The predicted molar refractivity (Wildman–Crippen MR) is 255 cm³/mol. The first kappa shape index (κ1) is 36.6. The van der Waals surface area contributed by atoms with Gasteiger partial charge in [-0.15, -0.1) is 0 Å². The molecule has 59 heavy (non-hydrogen) atoms. The summed E-state index contributed by atoms with van der Waals surface area (Å²) in [5.41, 5.74) is 18.6. The van der Waals surface area contributed by atoms with Crippen molar-refractivity contribution in [3.63, 3.8) is 0 Å². The molecule has 7 aromatic carbocycles. The van der Waals surface area contributed by atoms with E-state index in [-0.39, 0.29) is 0 Å². The van der Waals surface area contributed by atoms with Gasteiger partial charge in [0.1, 0.15) is 7.85 Å². The number of aromatic nitrogens is 1. The second kappa shape index (κ2) is 15.6. The molecule has 0 unspecified atom stereocenters. The van der Waals surface area contributed by atoms with E-state index in [0.717, 1.165) is 65.0 Å². The number of hydrogen-bond acceptors (Lipinski definition) is 2. The Hall–Kier alpha value is -6.71. The smallest absolute Gasteiger partial charge is 0.197 e. The number of nitrogens with one attached hydrogen (secondary N) is 1. The predicted octanol–water partition coefficient (Wildman–Crippen LogP) is 11.9. The Bertz CT molecular complexity index is 2960. The standard InChI is InChI=1S/C54H44B2N3/c1-36-32-40(19-13-14-24-45-37(2)57-49-30-26-39-18-12-15-25-46(39)53(45)49)54-52(33-36)59(50-31-27-41(55)34-47(50)38-16-6-3-7-17-38)51-35-44(28-29-48(51)56-54)58(42-20-8-4-9-21-42)43-22-10-5-11-23-43/h3-10,12,14-18,20-22,24-35,57H,11,13,19,23H2,1-2H3/b24-14-. The van der Waals surface area contributed by atoms with Gasteiger partial charge in [0.05, 0.1) is 5.69 Å². The zero-order valence-corrected chi connectivity index (χ0v) is 33.6. The van der Waals surface area contributed by atoms with Crippen LogP contribution >= 0.6 is 0 Å². The monoisotopic (exact) mass is 756 g/mol. The number of rotatable bonds is 9.